The van der Waals surface area contributed by atoms with E-state index in [-0.39, 0.29) is 5.41 Å². The van der Waals surface area contributed by atoms with Gasteiger partial charge in [0.25, 0.3) is 0 Å². The molecule has 0 bridgehead atoms. The van der Waals surface area contributed by atoms with Gasteiger partial charge in [-0.25, -0.2) is 4.98 Å². The molecule has 2 heterocycles. The summed E-state index contributed by atoms with van der Waals surface area (Å²) in [7, 11) is 0. The number of likely N-dealkylation sites (tertiary alicyclic amines) is 1. The molecule has 2 saturated carbocycles. The van der Waals surface area contributed by atoms with Crippen LogP contribution in [-0.2, 0) is 16.8 Å². The summed E-state index contributed by atoms with van der Waals surface area (Å²) in [4.78, 5) is 20.0. The molecule has 28 heavy (non-hydrogen) atoms. The molecule has 0 radical (unpaired) electrons. The predicted molar refractivity (Wildman–Crippen MR) is 110 cm³/mol. The average Bonchev–Trinajstić information content (AvgIpc) is 3.66. The Bertz CT molecular complexity index is 840. The fourth-order valence-electron chi connectivity index (χ4n) is 4.99. The first kappa shape index (κ1) is 18.0. The second-order valence-corrected chi connectivity index (χ2v) is 9.16. The molecule has 3 aliphatic rings. The number of aromatic nitrogens is 2. The van der Waals surface area contributed by atoms with E-state index in [1.54, 1.807) is 0 Å². The van der Waals surface area contributed by atoms with Crippen molar-refractivity contribution >= 4 is 5.91 Å². The number of benzene rings is 1. The van der Waals surface area contributed by atoms with Gasteiger partial charge in [0.05, 0.1) is 5.41 Å². The Morgan fingerprint density at radius 2 is 1.82 bits per heavy atom. The van der Waals surface area contributed by atoms with Gasteiger partial charge in [-0.3, -0.25) is 4.79 Å². The Morgan fingerprint density at radius 3 is 2.46 bits per heavy atom. The van der Waals surface area contributed by atoms with Crippen LogP contribution in [0.1, 0.15) is 67.9 Å². The molecular weight excluding hydrogens is 346 g/mol. The Hall–Kier alpha value is -2.10. The van der Waals surface area contributed by atoms with Crippen molar-refractivity contribution in [3.63, 3.8) is 0 Å². The Balaban J connectivity index is 1.16. The zero-order valence-corrected chi connectivity index (χ0v) is 16.9. The van der Waals surface area contributed by atoms with E-state index in [0.717, 1.165) is 51.2 Å². The zero-order chi connectivity index (χ0) is 19.1. The second-order valence-electron chi connectivity index (χ2n) is 9.16. The predicted octanol–water partition coefficient (Wildman–Crippen LogP) is 4.43. The van der Waals surface area contributed by atoms with Crippen molar-refractivity contribution in [2.24, 2.45) is 5.92 Å². The molecule has 1 amide bonds. The fourth-order valence-corrected chi connectivity index (χ4v) is 4.99. The van der Waals surface area contributed by atoms with Gasteiger partial charge in [0.15, 0.2) is 0 Å². The lowest BCUT2D eigenvalue weighted by Gasteiger charge is -2.35. The fraction of sp³-hybridized carbons (Fsp3) is 0.583. The lowest BCUT2D eigenvalue weighted by Crippen LogP contribution is -2.44. The number of hydrogen-bond donors (Lipinski definition) is 0. The van der Waals surface area contributed by atoms with E-state index in [2.05, 4.69) is 45.6 Å². The SMILES string of the molecule is Cc1cnc(C2CC2)n1CCC1CCN(C(=O)C2(c3ccccc3)CC2)CC1. The Kier molecular flexibility index (Phi) is 4.53. The van der Waals surface area contributed by atoms with Crippen molar-refractivity contribution in [1.29, 1.82) is 0 Å². The molecule has 1 aromatic carbocycles. The molecular formula is C24H31N3O. The molecule has 0 spiro atoms. The van der Waals surface area contributed by atoms with Crippen LogP contribution >= 0.6 is 0 Å². The summed E-state index contributed by atoms with van der Waals surface area (Å²) >= 11 is 0. The lowest BCUT2D eigenvalue weighted by molar-refractivity contribution is -0.135. The molecule has 0 unspecified atom stereocenters. The van der Waals surface area contributed by atoms with E-state index >= 15 is 0 Å². The van der Waals surface area contributed by atoms with Gasteiger partial charge in [0, 0.05) is 37.4 Å². The highest BCUT2D eigenvalue weighted by atomic mass is 16.2. The van der Waals surface area contributed by atoms with Crippen molar-refractivity contribution in [2.45, 2.75) is 69.7 Å². The number of carbonyl (C=O) groups is 1. The van der Waals surface area contributed by atoms with Crippen LogP contribution in [0.5, 0.6) is 0 Å². The van der Waals surface area contributed by atoms with Gasteiger partial charge in [0.1, 0.15) is 5.82 Å². The third-order valence-electron chi connectivity index (χ3n) is 7.18. The molecule has 4 heteroatoms. The van der Waals surface area contributed by atoms with E-state index in [1.807, 2.05) is 12.3 Å². The van der Waals surface area contributed by atoms with E-state index in [9.17, 15) is 4.79 Å². The summed E-state index contributed by atoms with van der Waals surface area (Å²) in [6.07, 6.45) is 10.2. The maximum Gasteiger partial charge on any atom is 0.233 e. The normalized spacial score (nSPS) is 21.7. The second kappa shape index (κ2) is 7.06. The standard InChI is InChI=1S/C24H31N3O/c1-18-17-25-22(20-7-8-20)27(18)16-11-19-9-14-26(15-10-19)23(28)24(12-13-24)21-5-3-2-4-6-21/h2-6,17,19-20H,7-16H2,1H3. The molecule has 4 nitrogen and oxygen atoms in total. The molecule has 148 valence electrons. The van der Waals surface area contributed by atoms with Gasteiger partial charge >= 0.3 is 0 Å². The molecule has 0 N–H and O–H groups in total. The molecule has 1 aromatic heterocycles. The number of aryl methyl sites for hydroxylation is 1. The summed E-state index contributed by atoms with van der Waals surface area (Å²) in [6.45, 7) is 5.12. The Morgan fingerprint density at radius 1 is 1.11 bits per heavy atom. The number of nitrogens with zero attached hydrogens (tertiary/aromatic N) is 3. The molecule has 5 rings (SSSR count). The smallest absolute Gasteiger partial charge is 0.233 e. The molecule has 0 atom stereocenters. The summed E-state index contributed by atoms with van der Waals surface area (Å²) in [6, 6.07) is 10.4. The van der Waals surface area contributed by atoms with Gasteiger partial charge in [-0.2, -0.15) is 0 Å². The molecule has 1 aliphatic heterocycles. The first-order chi connectivity index (χ1) is 13.7. The number of imidazole rings is 1. The van der Waals surface area contributed by atoms with Gasteiger partial charge < -0.3 is 9.47 Å². The van der Waals surface area contributed by atoms with Gasteiger partial charge in [0.2, 0.25) is 5.91 Å². The van der Waals surface area contributed by atoms with E-state index in [1.165, 1.54) is 36.3 Å². The first-order valence-corrected chi connectivity index (χ1v) is 11.0. The summed E-state index contributed by atoms with van der Waals surface area (Å²) < 4.78 is 2.45. The van der Waals surface area contributed by atoms with E-state index in [4.69, 9.17) is 0 Å². The average molecular weight is 378 g/mol. The van der Waals surface area contributed by atoms with Crippen LogP contribution in [0.3, 0.4) is 0 Å². The monoisotopic (exact) mass is 377 g/mol. The number of piperidine rings is 1. The largest absolute Gasteiger partial charge is 0.342 e. The summed E-state index contributed by atoms with van der Waals surface area (Å²) in [5, 5.41) is 0. The highest BCUT2D eigenvalue weighted by molar-refractivity contribution is 5.91. The third-order valence-corrected chi connectivity index (χ3v) is 7.18. The summed E-state index contributed by atoms with van der Waals surface area (Å²) in [5.74, 6) is 3.12. The Labute approximate surface area is 168 Å². The first-order valence-electron chi connectivity index (χ1n) is 11.0. The quantitative estimate of drug-likeness (QED) is 0.747. The number of amides is 1. The topological polar surface area (TPSA) is 38.1 Å². The van der Waals surface area contributed by atoms with Crippen molar-refractivity contribution in [1.82, 2.24) is 14.5 Å². The molecule has 3 fully saturated rings. The lowest BCUT2D eigenvalue weighted by atomic mass is 9.90. The van der Waals surface area contributed by atoms with Crippen LogP contribution in [0.15, 0.2) is 36.5 Å². The van der Waals surface area contributed by atoms with Crippen molar-refractivity contribution in [3.05, 3.63) is 53.6 Å². The maximum absolute atomic E-state index is 13.2. The minimum absolute atomic E-state index is 0.207. The zero-order valence-electron chi connectivity index (χ0n) is 16.9. The van der Waals surface area contributed by atoms with Crippen LogP contribution in [0.4, 0.5) is 0 Å². The van der Waals surface area contributed by atoms with E-state index in [0.29, 0.717) is 11.8 Å². The van der Waals surface area contributed by atoms with Gasteiger partial charge in [-0.1, -0.05) is 30.3 Å². The van der Waals surface area contributed by atoms with Crippen molar-refractivity contribution in [3.8, 4) is 0 Å². The maximum atomic E-state index is 13.2. The minimum Gasteiger partial charge on any atom is -0.342 e. The molecule has 2 aromatic rings. The van der Waals surface area contributed by atoms with Gasteiger partial charge in [-0.05, 0) is 63.4 Å². The van der Waals surface area contributed by atoms with Gasteiger partial charge in [-0.15, -0.1) is 0 Å². The molecule has 1 saturated heterocycles. The van der Waals surface area contributed by atoms with Crippen LogP contribution < -0.4 is 0 Å². The summed E-state index contributed by atoms with van der Waals surface area (Å²) in [5.41, 5.74) is 2.31. The van der Waals surface area contributed by atoms with E-state index < -0.39 is 0 Å². The number of carbonyl (C=O) groups excluding carboxylic acids is 1. The van der Waals surface area contributed by atoms with Crippen LogP contribution in [0, 0.1) is 12.8 Å². The van der Waals surface area contributed by atoms with Crippen LogP contribution in [-0.4, -0.2) is 33.4 Å². The highest BCUT2D eigenvalue weighted by Gasteiger charge is 2.53. The third kappa shape index (κ3) is 3.27. The number of hydrogen-bond acceptors (Lipinski definition) is 2. The number of rotatable bonds is 6. The molecule has 2 aliphatic carbocycles. The van der Waals surface area contributed by atoms with Crippen molar-refractivity contribution < 1.29 is 4.79 Å². The van der Waals surface area contributed by atoms with Crippen LogP contribution in [0.25, 0.3) is 0 Å². The minimum atomic E-state index is -0.207. The van der Waals surface area contributed by atoms with Crippen molar-refractivity contribution in [2.75, 3.05) is 13.1 Å². The van der Waals surface area contributed by atoms with Crippen LogP contribution in [0.2, 0.25) is 0 Å². The highest BCUT2D eigenvalue weighted by Crippen LogP contribution is 2.50.